The molecule has 5 amide bonds. The zero-order valence-electron chi connectivity index (χ0n) is 64.4. The van der Waals surface area contributed by atoms with Gasteiger partial charge in [0, 0.05) is 82.5 Å². The quantitative estimate of drug-likeness (QED) is 0.0349. The highest BCUT2D eigenvalue weighted by Gasteiger charge is 2.35. The lowest BCUT2D eigenvalue weighted by Crippen LogP contribution is -2.49. The summed E-state index contributed by atoms with van der Waals surface area (Å²) in [5, 5.41) is 63.9. The SMILES string of the molecule is C=CC(=O)N1CCO[C@@H](C(=O)Nc2cc(-c3ccc(O)cc3)cc3[nH]ncc23)C1.C=CC(=O)N1CC[C@H](COc2cc(-c3ccc(O)cc3)cc3[nH]ncc23)C1.C=CC(=O)N1CC[C@H](Oc2cc(-c3ccc(O)c(Cl)c3)cc3[nH]ncc23)C1.Cc1ccc(-c2cc(OC3(C)CCN(C(=O)/C=C/CN(C)C)CC3)c3cn[nH]c3c2)cc1. The standard InChI is InChI=1S/C26H32N4O2.C21H20N4O4.C21H21N3O3.C20H18ClN3O3/c1-19-7-9-20(10-8-19)21-16-23-22(18-27-28-23)24(17-21)32-26(2)11-14-30(15-12-26)25(31)6-5-13-29(3)4;1-2-20(27)25-7-8-29-19(12-25)21(28)23-17-9-14(10-18-16(17)11-22-24-18)13-3-5-15(26)6-4-13;1-2-21(26)24-8-7-14(12-24)13-27-20-10-16(9-19-18(20)11-22-23-19)15-3-5-17(25)6-4-15;1-2-20(26)24-6-5-14(11-24)27-19-9-13(8-17-15(19)10-22-23-17)12-3-4-18(25)16(21)7-12/h5-10,16-18H,11-15H2,1-4H3,(H,27,28);2-6,9-11,19,26H,1,7-8,12H2,(H,22,24)(H,23,28);2-6,9-11,14,25H,1,7-8,12-13H2,(H,22,23);2-4,7-10,14,25H,1,5-6,11H2,(H,22,23)/b6-5+;;;/t;19-;2*14-/m.100/s1. The number of phenols is 3. The second-order valence-corrected chi connectivity index (χ2v) is 29.7. The predicted molar refractivity (Wildman–Crippen MR) is 445 cm³/mol. The molecular formula is C88H91ClN14O12. The van der Waals surface area contributed by atoms with Gasteiger partial charge in [-0.2, -0.15) is 20.4 Å². The van der Waals surface area contributed by atoms with Gasteiger partial charge in [-0.1, -0.05) is 97.6 Å². The number of morpholine rings is 1. The fraction of sp³-hybridized carbons (Fsp3) is 0.261. The molecule has 0 saturated carbocycles. The van der Waals surface area contributed by atoms with Crippen molar-refractivity contribution in [2.24, 2.45) is 5.92 Å². The van der Waals surface area contributed by atoms with E-state index in [1.165, 1.54) is 23.8 Å². The Kier molecular flexibility index (Phi) is 25.2. The number of H-pyrrole nitrogens is 4. The van der Waals surface area contributed by atoms with Crippen molar-refractivity contribution in [3.8, 4) is 79.0 Å². The van der Waals surface area contributed by atoms with Crippen molar-refractivity contribution in [2.45, 2.75) is 57.3 Å². The highest BCUT2D eigenvalue weighted by Crippen LogP contribution is 2.40. The Bertz CT molecular complexity index is 5550. The van der Waals surface area contributed by atoms with Crippen LogP contribution in [0, 0.1) is 12.8 Å². The van der Waals surface area contributed by atoms with Crippen LogP contribution in [0.5, 0.6) is 34.5 Å². The van der Waals surface area contributed by atoms with Gasteiger partial charge in [0.25, 0.3) is 5.91 Å². The minimum absolute atomic E-state index is 0.0240. The van der Waals surface area contributed by atoms with Crippen molar-refractivity contribution < 1.29 is 58.2 Å². The van der Waals surface area contributed by atoms with E-state index in [1.807, 2.05) is 84.7 Å². The summed E-state index contributed by atoms with van der Waals surface area (Å²) >= 11 is 6.05. The molecule has 8 N–H and O–H groups in total. The maximum atomic E-state index is 12.8. The van der Waals surface area contributed by atoms with E-state index in [4.69, 9.17) is 30.5 Å². The van der Waals surface area contributed by atoms with Crippen molar-refractivity contribution in [2.75, 3.05) is 91.5 Å². The van der Waals surface area contributed by atoms with Gasteiger partial charge in [-0.05, 0) is 182 Å². The molecule has 4 aliphatic heterocycles. The number of fused-ring (bicyclic) bond motifs is 4. The average Bonchev–Trinajstić information content (AvgIpc) is 1.77. The first-order chi connectivity index (χ1) is 55.6. The van der Waals surface area contributed by atoms with Gasteiger partial charge < -0.3 is 64.1 Å². The second-order valence-electron chi connectivity index (χ2n) is 29.2. The van der Waals surface area contributed by atoms with Gasteiger partial charge in [-0.15, -0.1) is 0 Å². The number of hydrogen-bond donors (Lipinski definition) is 8. The van der Waals surface area contributed by atoms with E-state index in [9.17, 15) is 39.3 Å². The Hall–Kier alpha value is -13.0. The zero-order valence-corrected chi connectivity index (χ0v) is 65.1. The summed E-state index contributed by atoms with van der Waals surface area (Å²) in [6, 6.07) is 43.3. The fourth-order valence-corrected chi connectivity index (χ4v) is 14.3. The van der Waals surface area contributed by atoms with Crippen molar-refractivity contribution in [1.82, 2.24) is 65.3 Å². The number of likely N-dealkylation sites (N-methyl/N-ethyl adjacent to an activating group) is 1. The summed E-state index contributed by atoms with van der Waals surface area (Å²) < 4.78 is 24.5. The third-order valence-corrected chi connectivity index (χ3v) is 21.0. The van der Waals surface area contributed by atoms with Crippen LogP contribution in [-0.4, -0.2) is 214 Å². The van der Waals surface area contributed by atoms with Gasteiger partial charge >= 0.3 is 0 Å². The normalized spacial score (nSPS) is 16.5. The molecule has 4 fully saturated rings. The molecule has 0 spiro atoms. The molecule has 0 unspecified atom stereocenters. The smallest absolute Gasteiger partial charge is 0.255 e. The average molecular weight is 1570 g/mol. The van der Waals surface area contributed by atoms with E-state index in [-0.39, 0.29) is 76.7 Å². The van der Waals surface area contributed by atoms with Crippen LogP contribution in [0.3, 0.4) is 0 Å². The lowest BCUT2D eigenvalue weighted by molar-refractivity contribution is -0.141. The Labute approximate surface area is 669 Å². The van der Waals surface area contributed by atoms with E-state index >= 15 is 0 Å². The summed E-state index contributed by atoms with van der Waals surface area (Å²) in [5.41, 5.74) is 12.6. The first-order valence-corrected chi connectivity index (χ1v) is 38.2. The molecule has 4 aromatic heterocycles. The number of rotatable bonds is 19. The number of aromatic nitrogens is 8. The van der Waals surface area contributed by atoms with Gasteiger partial charge in [-0.25, -0.2) is 0 Å². The van der Waals surface area contributed by atoms with Gasteiger partial charge in [0.2, 0.25) is 23.6 Å². The Morgan fingerprint density at radius 3 is 1.60 bits per heavy atom. The van der Waals surface area contributed by atoms with E-state index in [1.54, 1.807) is 94.0 Å². The molecule has 0 aliphatic carbocycles. The van der Waals surface area contributed by atoms with Gasteiger partial charge in [-0.3, -0.25) is 44.4 Å². The number of nitrogens with zero attached hydrogens (tertiary/aromatic N) is 9. The monoisotopic (exact) mass is 1570 g/mol. The molecule has 8 aromatic carbocycles. The Balaban J connectivity index is 0.000000134. The molecular weight excluding hydrogens is 1480 g/mol. The molecule has 4 aliphatic rings. The number of likely N-dealkylation sites (tertiary alicyclic amines) is 3. The highest BCUT2D eigenvalue weighted by molar-refractivity contribution is 6.32. The molecule has 26 nitrogen and oxygen atoms in total. The predicted octanol–water partition coefficient (Wildman–Crippen LogP) is 13.8. The van der Waals surface area contributed by atoms with E-state index in [2.05, 4.69) is 116 Å². The number of ether oxygens (including phenoxy) is 4. The van der Waals surface area contributed by atoms with Crippen LogP contribution in [0.25, 0.3) is 88.1 Å². The van der Waals surface area contributed by atoms with Gasteiger partial charge in [0.1, 0.15) is 46.2 Å². The molecule has 0 bridgehead atoms. The van der Waals surface area contributed by atoms with Crippen LogP contribution < -0.4 is 19.5 Å². The maximum Gasteiger partial charge on any atom is 0.255 e. The fourth-order valence-electron chi connectivity index (χ4n) is 14.1. The lowest BCUT2D eigenvalue weighted by Gasteiger charge is -2.39. The molecule has 8 heterocycles. The number of nitrogens with one attached hydrogen (secondary N) is 5. The number of phenolic OH excluding ortho intramolecular Hbond substituents is 3. The van der Waals surface area contributed by atoms with Crippen LogP contribution in [0.4, 0.5) is 5.69 Å². The zero-order chi connectivity index (χ0) is 80.9. The number of aromatic hydroxyl groups is 3. The maximum absolute atomic E-state index is 12.8. The minimum atomic E-state index is -0.771. The summed E-state index contributed by atoms with van der Waals surface area (Å²) in [4.78, 5) is 69.7. The van der Waals surface area contributed by atoms with E-state index in [0.29, 0.717) is 63.2 Å². The van der Waals surface area contributed by atoms with Crippen LogP contribution in [0.15, 0.2) is 214 Å². The molecule has 27 heteroatoms. The number of halogens is 1. The lowest BCUT2D eigenvalue weighted by atomic mass is 9.92. The van der Waals surface area contributed by atoms with Gasteiger partial charge in [0.05, 0.1) is 100 Å². The Morgan fingerprint density at radius 1 is 0.557 bits per heavy atom. The molecule has 592 valence electrons. The van der Waals surface area contributed by atoms with Crippen LogP contribution >= 0.6 is 11.6 Å². The molecule has 4 saturated heterocycles. The van der Waals surface area contributed by atoms with Gasteiger partial charge in [0.15, 0.2) is 6.10 Å². The van der Waals surface area contributed by atoms with Crippen molar-refractivity contribution >= 4 is 90.4 Å². The van der Waals surface area contributed by atoms with Crippen LogP contribution in [0.1, 0.15) is 38.2 Å². The van der Waals surface area contributed by atoms with E-state index < -0.39 is 6.10 Å². The minimum Gasteiger partial charge on any atom is -0.508 e. The summed E-state index contributed by atoms with van der Waals surface area (Å²) in [5.74, 6) is 2.45. The number of aromatic amines is 4. The van der Waals surface area contributed by atoms with E-state index in [0.717, 1.165) is 138 Å². The van der Waals surface area contributed by atoms with Crippen molar-refractivity contribution in [1.29, 1.82) is 0 Å². The largest absolute Gasteiger partial charge is 0.508 e. The molecule has 12 aromatic rings. The first kappa shape index (κ1) is 80.0. The highest BCUT2D eigenvalue weighted by atomic mass is 35.5. The number of benzene rings is 8. The van der Waals surface area contributed by atoms with Crippen molar-refractivity contribution in [3.63, 3.8) is 0 Å². The number of carbonyl (C=O) groups excluding carboxylic acids is 5. The van der Waals surface area contributed by atoms with Crippen LogP contribution in [0.2, 0.25) is 5.02 Å². The molecule has 3 atom stereocenters. The number of carbonyl (C=O) groups is 5. The van der Waals surface area contributed by atoms with Crippen molar-refractivity contribution in [3.05, 3.63) is 225 Å². The summed E-state index contributed by atoms with van der Waals surface area (Å²) in [7, 11) is 3.98. The summed E-state index contributed by atoms with van der Waals surface area (Å²) in [6.45, 7) is 21.0. The number of aryl methyl sites for hydroxylation is 1. The third kappa shape index (κ3) is 19.7. The number of amides is 5. The summed E-state index contributed by atoms with van der Waals surface area (Å²) in [6.07, 6.45) is 16.8. The van der Waals surface area contributed by atoms with Crippen LogP contribution in [-0.2, 0) is 28.7 Å². The number of hydrogen-bond acceptors (Lipinski definition) is 17. The molecule has 0 radical (unpaired) electrons. The number of piperidine rings is 1. The third-order valence-electron chi connectivity index (χ3n) is 20.7. The second kappa shape index (κ2) is 36.2. The number of anilines is 1. The topological polar surface area (TPSA) is 326 Å². The first-order valence-electron chi connectivity index (χ1n) is 37.8. The molecule has 16 rings (SSSR count). The Morgan fingerprint density at radius 2 is 1.03 bits per heavy atom. The molecule has 115 heavy (non-hydrogen) atoms.